The molecule has 1 N–H and O–H groups in total. The summed E-state index contributed by atoms with van der Waals surface area (Å²) >= 11 is 0. The molecule has 3 heterocycles. The molecule has 2 aromatic rings. The van der Waals surface area contributed by atoms with Gasteiger partial charge in [-0.3, -0.25) is 9.58 Å². The lowest BCUT2D eigenvalue weighted by Crippen LogP contribution is -2.45. The molecule has 0 spiro atoms. The van der Waals surface area contributed by atoms with Crippen LogP contribution in [0.1, 0.15) is 55.4 Å². The van der Waals surface area contributed by atoms with E-state index in [9.17, 15) is 0 Å². The van der Waals surface area contributed by atoms with Crippen LogP contribution in [0.3, 0.4) is 0 Å². The van der Waals surface area contributed by atoms with Gasteiger partial charge in [-0.05, 0) is 40.2 Å². The van der Waals surface area contributed by atoms with Crippen LogP contribution in [0.2, 0.25) is 0 Å². The van der Waals surface area contributed by atoms with Gasteiger partial charge in [0, 0.05) is 43.4 Å². The predicted molar refractivity (Wildman–Crippen MR) is 96.2 cm³/mol. The summed E-state index contributed by atoms with van der Waals surface area (Å²) in [6, 6.07) is 0.495. The third kappa shape index (κ3) is 4.27. The van der Waals surface area contributed by atoms with Crippen molar-refractivity contribution in [1.29, 1.82) is 0 Å². The van der Waals surface area contributed by atoms with Crippen molar-refractivity contribution in [2.75, 3.05) is 13.1 Å². The van der Waals surface area contributed by atoms with Crippen molar-refractivity contribution in [3.63, 3.8) is 0 Å². The van der Waals surface area contributed by atoms with Crippen molar-refractivity contribution in [2.45, 2.75) is 72.6 Å². The highest BCUT2D eigenvalue weighted by atomic mass is 16.5. The van der Waals surface area contributed by atoms with Crippen molar-refractivity contribution in [3.8, 4) is 0 Å². The summed E-state index contributed by atoms with van der Waals surface area (Å²) in [5.74, 6) is 1.52. The SMILES string of the molecule is CCc1nc(CN2CCC[C@@H](NCc3c(C)nn(CC)c3C)C2)no1. The predicted octanol–water partition coefficient (Wildman–Crippen LogP) is 2.22. The zero-order valence-electron chi connectivity index (χ0n) is 15.9. The fourth-order valence-corrected chi connectivity index (χ4v) is 3.61. The van der Waals surface area contributed by atoms with Gasteiger partial charge in [0.25, 0.3) is 0 Å². The average Bonchev–Trinajstić information content (AvgIpc) is 3.17. The minimum atomic E-state index is 0.495. The number of piperidine rings is 1. The third-order valence-corrected chi connectivity index (χ3v) is 5.08. The van der Waals surface area contributed by atoms with Crippen molar-refractivity contribution < 1.29 is 4.52 Å². The Kier molecular flexibility index (Phi) is 5.86. The van der Waals surface area contributed by atoms with E-state index in [2.05, 4.69) is 50.9 Å². The van der Waals surface area contributed by atoms with Gasteiger partial charge >= 0.3 is 0 Å². The molecule has 1 saturated heterocycles. The van der Waals surface area contributed by atoms with Gasteiger partial charge in [-0.25, -0.2) is 0 Å². The quantitative estimate of drug-likeness (QED) is 0.829. The molecule has 0 amide bonds. The van der Waals surface area contributed by atoms with Crippen LogP contribution in [0.25, 0.3) is 0 Å². The number of nitrogens with one attached hydrogen (secondary N) is 1. The lowest BCUT2D eigenvalue weighted by atomic mass is 10.0. The largest absolute Gasteiger partial charge is 0.339 e. The first kappa shape index (κ1) is 18.1. The van der Waals surface area contributed by atoms with Gasteiger partial charge < -0.3 is 9.84 Å². The van der Waals surface area contributed by atoms with Crippen LogP contribution >= 0.6 is 0 Å². The topological polar surface area (TPSA) is 72.0 Å². The zero-order chi connectivity index (χ0) is 17.8. The zero-order valence-corrected chi connectivity index (χ0v) is 15.9. The first-order valence-electron chi connectivity index (χ1n) is 9.40. The van der Waals surface area contributed by atoms with Crippen LogP contribution in [0.4, 0.5) is 0 Å². The molecule has 0 radical (unpaired) electrons. The Morgan fingerprint density at radius 2 is 2.12 bits per heavy atom. The Balaban J connectivity index is 1.54. The third-order valence-electron chi connectivity index (χ3n) is 5.08. The molecule has 25 heavy (non-hydrogen) atoms. The molecule has 2 aromatic heterocycles. The highest BCUT2D eigenvalue weighted by molar-refractivity contribution is 5.24. The first-order chi connectivity index (χ1) is 12.1. The first-order valence-corrected chi connectivity index (χ1v) is 9.40. The minimum absolute atomic E-state index is 0.495. The lowest BCUT2D eigenvalue weighted by Gasteiger charge is -2.32. The second-order valence-corrected chi connectivity index (χ2v) is 6.88. The summed E-state index contributed by atoms with van der Waals surface area (Å²) in [4.78, 5) is 6.84. The van der Waals surface area contributed by atoms with Crippen LogP contribution in [0.15, 0.2) is 4.52 Å². The molecule has 0 unspecified atom stereocenters. The van der Waals surface area contributed by atoms with Gasteiger partial charge in [0.1, 0.15) is 0 Å². The summed E-state index contributed by atoms with van der Waals surface area (Å²) in [5.41, 5.74) is 3.75. The summed E-state index contributed by atoms with van der Waals surface area (Å²) in [6.07, 6.45) is 3.20. The van der Waals surface area contributed by atoms with E-state index in [1.54, 1.807) is 0 Å². The van der Waals surface area contributed by atoms with Crippen molar-refractivity contribution in [3.05, 3.63) is 28.7 Å². The molecule has 138 valence electrons. The Labute approximate surface area is 149 Å². The van der Waals surface area contributed by atoms with E-state index in [0.717, 1.165) is 56.6 Å². The van der Waals surface area contributed by atoms with Crippen molar-refractivity contribution >= 4 is 0 Å². The van der Waals surface area contributed by atoms with Crippen LogP contribution in [-0.4, -0.2) is 44.0 Å². The summed E-state index contributed by atoms with van der Waals surface area (Å²) < 4.78 is 7.30. The van der Waals surface area contributed by atoms with Crippen LogP contribution in [0, 0.1) is 13.8 Å². The maximum absolute atomic E-state index is 5.21. The number of nitrogens with zero attached hydrogens (tertiary/aromatic N) is 5. The molecule has 1 fully saturated rings. The maximum atomic E-state index is 5.21. The van der Waals surface area contributed by atoms with E-state index in [0.29, 0.717) is 6.04 Å². The molecule has 1 aliphatic rings. The number of likely N-dealkylation sites (tertiary alicyclic amines) is 1. The van der Waals surface area contributed by atoms with E-state index < -0.39 is 0 Å². The normalized spacial score (nSPS) is 18.8. The maximum Gasteiger partial charge on any atom is 0.226 e. The fourth-order valence-electron chi connectivity index (χ4n) is 3.61. The lowest BCUT2D eigenvalue weighted by molar-refractivity contribution is 0.177. The van der Waals surface area contributed by atoms with Crippen LogP contribution in [-0.2, 0) is 26.1 Å². The Morgan fingerprint density at radius 1 is 1.28 bits per heavy atom. The van der Waals surface area contributed by atoms with Crippen molar-refractivity contribution in [1.82, 2.24) is 30.1 Å². The van der Waals surface area contributed by atoms with E-state index >= 15 is 0 Å². The summed E-state index contributed by atoms with van der Waals surface area (Å²) in [6.45, 7) is 13.1. The van der Waals surface area contributed by atoms with Crippen molar-refractivity contribution in [2.24, 2.45) is 0 Å². The minimum Gasteiger partial charge on any atom is -0.339 e. The van der Waals surface area contributed by atoms with Gasteiger partial charge in [-0.1, -0.05) is 12.1 Å². The molecule has 0 saturated carbocycles. The number of hydrogen-bond acceptors (Lipinski definition) is 6. The monoisotopic (exact) mass is 346 g/mol. The average molecular weight is 346 g/mol. The van der Waals surface area contributed by atoms with Gasteiger partial charge in [0.05, 0.1) is 12.2 Å². The van der Waals surface area contributed by atoms with Gasteiger partial charge in [-0.15, -0.1) is 0 Å². The standard InChI is InChI=1S/C18H30N6O/c1-5-18-20-17(22-25-18)12-23-9-7-8-15(11-23)19-10-16-13(3)21-24(6-2)14(16)4/h15,19H,5-12H2,1-4H3/t15-/m1/s1. The van der Waals surface area contributed by atoms with E-state index in [1.165, 1.54) is 24.1 Å². The fraction of sp³-hybridized carbons (Fsp3) is 0.722. The van der Waals surface area contributed by atoms with Gasteiger partial charge in [0.2, 0.25) is 5.89 Å². The van der Waals surface area contributed by atoms with Gasteiger partial charge in [0.15, 0.2) is 5.82 Å². The van der Waals surface area contributed by atoms with E-state index in [4.69, 9.17) is 4.52 Å². The molecule has 1 atom stereocenters. The Bertz CT molecular complexity index is 692. The number of hydrogen-bond donors (Lipinski definition) is 1. The second kappa shape index (κ2) is 8.10. The van der Waals surface area contributed by atoms with Gasteiger partial charge in [-0.2, -0.15) is 10.1 Å². The molecular weight excluding hydrogens is 316 g/mol. The highest BCUT2D eigenvalue weighted by Gasteiger charge is 2.22. The highest BCUT2D eigenvalue weighted by Crippen LogP contribution is 2.16. The number of aryl methyl sites for hydroxylation is 3. The van der Waals surface area contributed by atoms with Crippen LogP contribution in [0.5, 0.6) is 0 Å². The Morgan fingerprint density at radius 3 is 2.80 bits per heavy atom. The number of aromatic nitrogens is 4. The van der Waals surface area contributed by atoms with Crippen LogP contribution < -0.4 is 5.32 Å². The molecule has 7 heteroatoms. The summed E-state index contributed by atoms with van der Waals surface area (Å²) in [5, 5.41) is 12.4. The van der Waals surface area contributed by atoms with E-state index in [-0.39, 0.29) is 0 Å². The smallest absolute Gasteiger partial charge is 0.226 e. The Hall–Kier alpha value is -1.73. The molecule has 0 aliphatic carbocycles. The molecule has 1 aliphatic heterocycles. The molecule has 3 rings (SSSR count). The number of rotatable bonds is 7. The summed E-state index contributed by atoms with van der Waals surface area (Å²) in [7, 11) is 0. The van der Waals surface area contributed by atoms with E-state index in [1.807, 2.05) is 6.92 Å². The molecule has 7 nitrogen and oxygen atoms in total. The second-order valence-electron chi connectivity index (χ2n) is 6.88. The molecule has 0 bridgehead atoms. The molecular formula is C18H30N6O. The molecule has 0 aromatic carbocycles.